The summed E-state index contributed by atoms with van der Waals surface area (Å²) in [6, 6.07) is 14.3. The average Bonchev–Trinajstić information content (AvgIpc) is 2.45. The van der Waals surface area contributed by atoms with Crippen molar-refractivity contribution >= 4 is 16.8 Å². The Kier molecular flexibility index (Phi) is 2.36. The molecule has 0 spiro atoms. The molecule has 1 aliphatic rings. The van der Waals surface area contributed by atoms with Gasteiger partial charge in [0.2, 0.25) is 0 Å². The Balaban J connectivity index is 2.29. The van der Waals surface area contributed by atoms with E-state index < -0.39 is 0 Å². The fourth-order valence-electron chi connectivity index (χ4n) is 2.45. The van der Waals surface area contributed by atoms with Crippen molar-refractivity contribution in [3.05, 3.63) is 53.1 Å². The minimum Gasteiger partial charge on any atom is -0.198 e. The number of hydrogen-bond acceptors (Lipinski definition) is 2. The second-order valence-electron chi connectivity index (χ2n) is 4.48. The molecule has 2 heteroatoms. The minimum atomic E-state index is -0.0613. The second-order valence-corrected chi connectivity index (χ2v) is 4.48. The van der Waals surface area contributed by atoms with Gasteiger partial charge < -0.3 is 0 Å². The van der Waals surface area contributed by atoms with E-state index in [4.69, 9.17) is 10.5 Å². The van der Waals surface area contributed by atoms with Gasteiger partial charge in [-0.2, -0.15) is 10.5 Å². The molecular weight excluding hydrogens is 220 g/mol. The number of fused-ring (bicyclic) bond motifs is 3. The lowest BCUT2D eigenvalue weighted by Crippen LogP contribution is -2.05. The molecule has 0 radical (unpaired) electrons. The summed E-state index contributed by atoms with van der Waals surface area (Å²) < 4.78 is 0. The first-order valence-electron chi connectivity index (χ1n) is 5.85. The normalized spacial score (nSPS) is 16.9. The number of nitrogens with zero attached hydrogens (tertiary/aromatic N) is 2. The molecule has 1 unspecified atom stereocenters. The quantitative estimate of drug-likeness (QED) is 0.696. The SMILES string of the molecule is N#Cc1ccc2ccc3c(c2c1)CC(C#N)C=C3. The van der Waals surface area contributed by atoms with Crippen LogP contribution in [0.1, 0.15) is 16.7 Å². The van der Waals surface area contributed by atoms with E-state index in [2.05, 4.69) is 24.3 Å². The van der Waals surface area contributed by atoms with Gasteiger partial charge in [-0.25, -0.2) is 0 Å². The maximum absolute atomic E-state index is 9.04. The van der Waals surface area contributed by atoms with Crippen LogP contribution in [0.25, 0.3) is 16.8 Å². The largest absolute Gasteiger partial charge is 0.198 e. The van der Waals surface area contributed by atoms with Crippen molar-refractivity contribution in [1.29, 1.82) is 10.5 Å². The predicted octanol–water partition coefficient (Wildman–Crippen LogP) is 3.42. The first kappa shape index (κ1) is 10.6. The van der Waals surface area contributed by atoms with Gasteiger partial charge in [0.1, 0.15) is 0 Å². The molecule has 0 amide bonds. The van der Waals surface area contributed by atoms with Gasteiger partial charge in [-0.3, -0.25) is 0 Å². The summed E-state index contributed by atoms with van der Waals surface area (Å²) in [6.07, 6.45) is 4.68. The summed E-state index contributed by atoms with van der Waals surface area (Å²) >= 11 is 0. The highest BCUT2D eigenvalue weighted by Crippen LogP contribution is 2.30. The summed E-state index contributed by atoms with van der Waals surface area (Å²) in [5, 5.41) is 20.2. The van der Waals surface area contributed by atoms with E-state index in [1.165, 1.54) is 5.56 Å². The van der Waals surface area contributed by atoms with Crippen LogP contribution >= 0.6 is 0 Å². The van der Waals surface area contributed by atoms with Crippen molar-refractivity contribution in [2.24, 2.45) is 5.92 Å². The zero-order chi connectivity index (χ0) is 12.5. The van der Waals surface area contributed by atoms with Gasteiger partial charge in [0.25, 0.3) is 0 Å². The Morgan fingerprint density at radius 3 is 2.72 bits per heavy atom. The Morgan fingerprint density at radius 1 is 1.11 bits per heavy atom. The van der Waals surface area contributed by atoms with Gasteiger partial charge in [-0.15, -0.1) is 0 Å². The Labute approximate surface area is 105 Å². The highest BCUT2D eigenvalue weighted by molar-refractivity contribution is 5.90. The molecule has 84 valence electrons. The summed E-state index contributed by atoms with van der Waals surface area (Å²) in [6.45, 7) is 0. The smallest absolute Gasteiger partial charge is 0.0991 e. The molecule has 0 heterocycles. The van der Waals surface area contributed by atoms with Gasteiger partial charge in [0.15, 0.2) is 0 Å². The molecule has 1 atom stereocenters. The summed E-state index contributed by atoms with van der Waals surface area (Å²) in [5.74, 6) is -0.0613. The molecule has 0 bridgehead atoms. The van der Waals surface area contributed by atoms with Gasteiger partial charge in [-0.1, -0.05) is 30.4 Å². The van der Waals surface area contributed by atoms with E-state index >= 15 is 0 Å². The van der Waals surface area contributed by atoms with Crippen molar-refractivity contribution in [3.8, 4) is 12.1 Å². The van der Waals surface area contributed by atoms with Crippen LogP contribution < -0.4 is 0 Å². The third-order valence-electron chi connectivity index (χ3n) is 3.40. The zero-order valence-corrected chi connectivity index (χ0v) is 9.72. The minimum absolute atomic E-state index is 0.0613. The predicted molar refractivity (Wildman–Crippen MR) is 70.5 cm³/mol. The van der Waals surface area contributed by atoms with Crippen molar-refractivity contribution < 1.29 is 0 Å². The van der Waals surface area contributed by atoms with E-state index in [-0.39, 0.29) is 5.92 Å². The zero-order valence-electron chi connectivity index (χ0n) is 9.72. The monoisotopic (exact) mass is 230 g/mol. The number of hydrogen-bond donors (Lipinski definition) is 0. The summed E-state index contributed by atoms with van der Waals surface area (Å²) in [5.41, 5.74) is 3.00. The molecule has 2 nitrogen and oxygen atoms in total. The lowest BCUT2D eigenvalue weighted by molar-refractivity contribution is 0.816. The van der Waals surface area contributed by atoms with Crippen molar-refractivity contribution in [3.63, 3.8) is 0 Å². The van der Waals surface area contributed by atoms with Crippen LogP contribution in [0.3, 0.4) is 0 Å². The molecule has 2 aromatic rings. The molecule has 1 aliphatic carbocycles. The molecule has 3 rings (SSSR count). The molecule has 0 aromatic heterocycles. The second kappa shape index (κ2) is 4.02. The van der Waals surface area contributed by atoms with Crippen LogP contribution in [-0.4, -0.2) is 0 Å². The fourth-order valence-corrected chi connectivity index (χ4v) is 2.45. The van der Waals surface area contributed by atoms with Crippen LogP contribution in [0.2, 0.25) is 0 Å². The van der Waals surface area contributed by atoms with E-state index in [0.717, 1.165) is 22.8 Å². The van der Waals surface area contributed by atoms with E-state index in [9.17, 15) is 0 Å². The standard InChI is InChI=1S/C16H10N2/c17-9-11-1-3-13-5-6-14-4-2-12(10-18)8-16(14)15(13)7-11/h1-7,12H,8H2. The Hall–Kier alpha value is -2.58. The first-order valence-corrected chi connectivity index (χ1v) is 5.85. The number of allylic oxidation sites excluding steroid dienone is 1. The lowest BCUT2D eigenvalue weighted by atomic mass is 9.86. The number of benzene rings is 2. The number of rotatable bonds is 0. The third kappa shape index (κ3) is 1.56. The third-order valence-corrected chi connectivity index (χ3v) is 3.40. The van der Waals surface area contributed by atoms with E-state index in [1.807, 2.05) is 30.4 Å². The Bertz CT molecular complexity index is 742. The van der Waals surface area contributed by atoms with Crippen molar-refractivity contribution in [1.82, 2.24) is 0 Å². The van der Waals surface area contributed by atoms with Crippen LogP contribution in [-0.2, 0) is 6.42 Å². The molecule has 18 heavy (non-hydrogen) atoms. The average molecular weight is 230 g/mol. The highest BCUT2D eigenvalue weighted by Gasteiger charge is 2.15. The van der Waals surface area contributed by atoms with Gasteiger partial charge in [0.05, 0.1) is 23.6 Å². The maximum Gasteiger partial charge on any atom is 0.0991 e. The maximum atomic E-state index is 9.04. The fraction of sp³-hybridized carbons (Fsp3) is 0.125. The van der Waals surface area contributed by atoms with Crippen molar-refractivity contribution in [2.75, 3.05) is 0 Å². The molecule has 0 N–H and O–H groups in total. The molecule has 0 aliphatic heterocycles. The van der Waals surface area contributed by atoms with Gasteiger partial charge in [-0.05, 0) is 40.5 Å². The van der Waals surface area contributed by atoms with Gasteiger partial charge in [0, 0.05) is 0 Å². The van der Waals surface area contributed by atoms with Crippen molar-refractivity contribution in [2.45, 2.75) is 6.42 Å². The van der Waals surface area contributed by atoms with Crippen LogP contribution in [0.4, 0.5) is 0 Å². The Morgan fingerprint density at radius 2 is 1.94 bits per heavy atom. The number of nitriles is 2. The molecule has 0 saturated carbocycles. The first-order chi connectivity index (χ1) is 8.81. The van der Waals surface area contributed by atoms with E-state index in [0.29, 0.717) is 5.56 Å². The van der Waals surface area contributed by atoms with E-state index in [1.54, 1.807) is 0 Å². The molecule has 0 fully saturated rings. The topological polar surface area (TPSA) is 47.6 Å². The van der Waals surface area contributed by atoms with Crippen LogP contribution in [0, 0.1) is 28.6 Å². The molecule has 0 saturated heterocycles. The molecular formula is C16H10N2. The summed E-state index contributed by atoms with van der Waals surface area (Å²) in [7, 11) is 0. The van der Waals surface area contributed by atoms with Gasteiger partial charge >= 0.3 is 0 Å². The summed E-state index contributed by atoms with van der Waals surface area (Å²) in [4.78, 5) is 0. The van der Waals surface area contributed by atoms with Crippen LogP contribution in [0.15, 0.2) is 36.4 Å². The molecule has 2 aromatic carbocycles. The van der Waals surface area contributed by atoms with Crippen LogP contribution in [0.5, 0.6) is 0 Å². The highest BCUT2D eigenvalue weighted by atomic mass is 14.3. The lowest BCUT2D eigenvalue weighted by Gasteiger charge is -2.16.